The van der Waals surface area contributed by atoms with E-state index in [0.717, 1.165) is 16.9 Å². The molecule has 1 aliphatic heterocycles. The van der Waals surface area contributed by atoms with Crippen molar-refractivity contribution in [2.75, 3.05) is 13.2 Å². The average molecular weight is 326 g/mol. The van der Waals surface area contributed by atoms with Gasteiger partial charge in [-0.1, -0.05) is 24.3 Å². The quantitative estimate of drug-likeness (QED) is 0.918. The second-order valence-corrected chi connectivity index (χ2v) is 5.76. The molecule has 0 saturated heterocycles. The summed E-state index contributed by atoms with van der Waals surface area (Å²) in [5, 5.41) is 3.01. The van der Waals surface area contributed by atoms with Gasteiger partial charge < -0.3 is 14.8 Å². The number of aromatic nitrogens is 1. The lowest BCUT2D eigenvalue weighted by Gasteiger charge is -2.15. The molecule has 0 aliphatic carbocycles. The first kappa shape index (κ1) is 16.3. The van der Waals surface area contributed by atoms with Gasteiger partial charge in [0, 0.05) is 24.2 Å². The number of ether oxygens (including phenoxy) is 2. The highest BCUT2D eigenvalue weighted by molar-refractivity contribution is 5.79. The molecule has 0 spiro atoms. The van der Waals surface area contributed by atoms with Crippen LogP contribution in [-0.2, 0) is 17.8 Å². The maximum atomic E-state index is 12.6. The van der Waals surface area contributed by atoms with Gasteiger partial charge in [0.05, 0.1) is 13.2 Å². The Labute approximate surface area is 142 Å². The van der Waals surface area contributed by atoms with Crippen LogP contribution in [0, 0.1) is 5.92 Å². The third-order valence-corrected chi connectivity index (χ3v) is 4.12. The minimum atomic E-state index is -0.0825. The minimum Gasteiger partial charge on any atom is -0.493 e. The van der Waals surface area contributed by atoms with Gasteiger partial charge in [-0.25, -0.2) is 4.98 Å². The number of nitrogens with one attached hydrogen (secondary N) is 1. The first-order valence-electron chi connectivity index (χ1n) is 8.33. The van der Waals surface area contributed by atoms with Crippen molar-refractivity contribution >= 4 is 5.91 Å². The third kappa shape index (κ3) is 3.85. The molecule has 3 rings (SSSR count). The number of pyridine rings is 1. The summed E-state index contributed by atoms with van der Waals surface area (Å²) >= 11 is 0. The van der Waals surface area contributed by atoms with Crippen LogP contribution in [0.1, 0.15) is 24.5 Å². The zero-order chi connectivity index (χ0) is 16.8. The highest BCUT2D eigenvalue weighted by Crippen LogP contribution is 2.26. The van der Waals surface area contributed by atoms with Gasteiger partial charge in [0.15, 0.2) is 0 Å². The van der Waals surface area contributed by atoms with Gasteiger partial charge in [0.2, 0.25) is 11.8 Å². The van der Waals surface area contributed by atoms with E-state index in [1.165, 1.54) is 0 Å². The summed E-state index contributed by atoms with van der Waals surface area (Å²) in [7, 11) is 0. The third-order valence-electron chi connectivity index (χ3n) is 4.12. The number of benzene rings is 1. The Hall–Kier alpha value is -2.56. The molecule has 5 nitrogen and oxygen atoms in total. The second kappa shape index (κ2) is 7.81. The van der Waals surface area contributed by atoms with E-state index in [-0.39, 0.29) is 11.8 Å². The van der Waals surface area contributed by atoms with E-state index >= 15 is 0 Å². The van der Waals surface area contributed by atoms with Crippen LogP contribution in [0.25, 0.3) is 0 Å². The Morgan fingerprint density at radius 3 is 3.08 bits per heavy atom. The molecule has 1 unspecified atom stereocenters. The van der Waals surface area contributed by atoms with Gasteiger partial charge in [-0.2, -0.15) is 0 Å². The van der Waals surface area contributed by atoms with Crippen LogP contribution in [0.3, 0.4) is 0 Å². The van der Waals surface area contributed by atoms with Gasteiger partial charge in [0.1, 0.15) is 5.75 Å². The number of carbonyl (C=O) groups is 1. The maximum absolute atomic E-state index is 12.6. The summed E-state index contributed by atoms with van der Waals surface area (Å²) in [6, 6.07) is 11.7. The van der Waals surface area contributed by atoms with Gasteiger partial charge in [-0.3, -0.25) is 4.79 Å². The van der Waals surface area contributed by atoms with Gasteiger partial charge in [-0.05, 0) is 37.5 Å². The summed E-state index contributed by atoms with van der Waals surface area (Å²) < 4.78 is 11.2. The fourth-order valence-electron chi connectivity index (χ4n) is 2.87. The lowest BCUT2D eigenvalue weighted by Crippen LogP contribution is -2.32. The zero-order valence-electron chi connectivity index (χ0n) is 13.8. The van der Waals surface area contributed by atoms with E-state index in [1.807, 2.05) is 43.3 Å². The van der Waals surface area contributed by atoms with Crippen LogP contribution < -0.4 is 14.8 Å². The van der Waals surface area contributed by atoms with Crippen LogP contribution in [0.4, 0.5) is 0 Å². The summed E-state index contributed by atoms with van der Waals surface area (Å²) in [5.74, 6) is 1.43. The second-order valence-electron chi connectivity index (χ2n) is 5.76. The SMILES string of the molecule is CCOc1ncccc1CNC(=O)C1CCOc2ccccc2C1. The Morgan fingerprint density at radius 1 is 1.33 bits per heavy atom. The molecule has 2 heterocycles. The minimum absolute atomic E-state index is 0.0432. The number of amides is 1. The largest absolute Gasteiger partial charge is 0.493 e. The topological polar surface area (TPSA) is 60.5 Å². The van der Waals surface area contributed by atoms with Crippen LogP contribution in [0.15, 0.2) is 42.6 Å². The molecule has 24 heavy (non-hydrogen) atoms. The molecule has 126 valence electrons. The summed E-state index contributed by atoms with van der Waals surface area (Å²) in [6.45, 7) is 3.45. The van der Waals surface area contributed by atoms with Crippen LogP contribution >= 0.6 is 0 Å². The number of hydrogen-bond donors (Lipinski definition) is 1. The van der Waals surface area contributed by atoms with E-state index in [2.05, 4.69) is 10.3 Å². The van der Waals surface area contributed by atoms with Crippen molar-refractivity contribution in [1.82, 2.24) is 10.3 Å². The standard InChI is InChI=1S/C19H22N2O3/c1-2-23-19-16(7-5-10-20-19)13-21-18(22)15-9-11-24-17-8-4-3-6-14(17)12-15/h3-8,10,15H,2,9,11-13H2,1H3,(H,21,22). The smallest absolute Gasteiger partial charge is 0.223 e. The predicted molar refractivity (Wildman–Crippen MR) is 91.0 cm³/mol. The zero-order valence-corrected chi connectivity index (χ0v) is 13.8. The molecule has 1 aromatic heterocycles. The van der Waals surface area contributed by atoms with Crippen molar-refractivity contribution in [3.05, 3.63) is 53.7 Å². The normalized spacial score (nSPS) is 16.5. The lowest BCUT2D eigenvalue weighted by molar-refractivity contribution is -0.125. The molecular formula is C19H22N2O3. The Bertz CT molecular complexity index is 703. The van der Waals surface area contributed by atoms with Crippen molar-refractivity contribution < 1.29 is 14.3 Å². The van der Waals surface area contributed by atoms with E-state index in [9.17, 15) is 4.79 Å². The van der Waals surface area contributed by atoms with E-state index < -0.39 is 0 Å². The monoisotopic (exact) mass is 326 g/mol. The molecule has 0 bridgehead atoms. The Balaban J connectivity index is 1.63. The molecule has 0 saturated carbocycles. The van der Waals surface area contributed by atoms with Crippen molar-refractivity contribution in [3.63, 3.8) is 0 Å². The first-order chi connectivity index (χ1) is 11.8. The molecule has 2 aromatic rings. The molecule has 1 N–H and O–H groups in total. The highest BCUT2D eigenvalue weighted by Gasteiger charge is 2.23. The van der Waals surface area contributed by atoms with Crippen molar-refractivity contribution in [2.24, 2.45) is 5.92 Å². The summed E-state index contributed by atoms with van der Waals surface area (Å²) in [6.07, 6.45) is 3.11. The molecule has 0 radical (unpaired) electrons. The molecule has 1 aromatic carbocycles. The number of carbonyl (C=O) groups excluding carboxylic acids is 1. The molecule has 1 atom stereocenters. The average Bonchev–Trinajstić information content (AvgIpc) is 2.83. The molecule has 5 heteroatoms. The Morgan fingerprint density at radius 2 is 2.21 bits per heavy atom. The van der Waals surface area contributed by atoms with Crippen LogP contribution in [0.2, 0.25) is 0 Å². The van der Waals surface area contributed by atoms with Gasteiger partial charge in [0.25, 0.3) is 0 Å². The first-order valence-corrected chi connectivity index (χ1v) is 8.33. The number of para-hydroxylation sites is 1. The number of hydrogen-bond acceptors (Lipinski definition) is 4. The fourth-order valence-corrected chi connectivity index (χ4v) is 2.87. The summed E-state index contributed by atoms with van der Waals surface area (Å²) in [4.78, 5) is 16.8. The number of rotatable bonds is 5. The van der Waals surface area contributed by atoms with Crippen molar-refractivity contribution in [2.45, 2.75) is 26.3 Å². The van der Waals surface area contributed by atoms with Gasteiger partial charge >= 0.3 is 0 Å². The molecule has 1 aliphatic rings. The van der Waals surface area contributed by atoms with E-state index in [0.29, 0.717) is 38.5 Å². The maximum Gasteiger partial charge on any atom is 0.223 e. The van der Waals surface area contributed by atoms with E-state index in [1.54, 1.807) is 6.20 Å². The van der Waals surface area contributed by atoms with Crippen LogP contribution in [-0.4, -0.2) is 24.1 Å². The van der Waals surface area contributed by atoms with Crippen molar-refractivity contribution in [1.29, 1.82) is 0 Å². The molecule has 0 fully saturated rings. The van der Waals surface area contributed by atoms with E-state index in [4.69, 9.17) is 9.47 Å². The van der Waals surface area contributed by atoms with Gasteiger partial charge in [-0.15, -0.1) is 0 Å². The van der Waals surface area contributed by atoms with Crippen LogP contribution in [0.5, 0.6) is 11.6 Å². The number of fused-ring (bicyclic) bond motifs is 1. The number of nitrogens with zero attached hydrogens (tertiary/aromatic N) is 1. The Kier molecular flexibility index (Phi) is 5.31. The summed E-state index contributed by atoms with van der Waals surface area (Å²) in [5.41, 5.74) is 1.98. The predicted octanol–water partition coefficient (Wildman–Crippen LogP) is 2.74. The lowest BCUT2D eigenvalue weighted by atomic mass is 9.96. The highest BCUT2D eigenvalue weighted by atomic mass is 16.5. The molecular weight excluding hydrogens is 304 g/mol. The van der Waals surface area contributed by atoms with Crippen molar-refractivity contribution in [3.8, 4) is 11.6 Å². The molecule has 1 amide bonds. The fraction of sp³-hybridized carbons (Fsp3) is 0.368.